The predicted octanol–water partition coefficient (Wildman–Crippen LogP) is 0.927. The van der Waals surface area contributed by atoms with Crippen molar-refractivity contribution in [3.63, 3.8) is 0 Å². The molecule has 0 bridgehead atoms. The lowest BCUT2D eigenvalue weighted by molar-refractivity contribution is -0.0223. The molecule has 1 aliphatic heterocycles. The van der Waals surface area contributed by atoms with Crippen LogP contribution in [-0.2, 0) is 33.2 Å². The van der Waals surface area contributed by atoms with Crippen molar-refractivity contribution in [1.82, 2.24) is 4.90 Å². The standard InChI is InChI=1S/C9H19NO3.C5H12O2.C4H10O2/c1-11-8-9(12-2)7-10-3-5-13-6-4-10;1-5(7-3)4-6-2;1-5-3-4-6-2/h9H,3-8H2,1-2H3;5H,4H2,1-3H3;3-4H2,1-2H3. The number of nitrogens with zero attached hydrogens (tertiary/aromatic N) is 1. The SMILES string of the molecule is COCC(C)OC.COCC(CN1CCOCC1)OC.COCCOC. The van der Waals surface area contributed by atoms with E-state index in [-0.39, 0.29) is 12.2 Å². The topological polar surface area (TPSA) is 67.9 Å². The van der Waals surface area contributed by atoms with Crippen LogP contribution in [0.4, 0.5) is 0 Å². The van der Waals surface area contributed by atoms with E-state index in [0.717, 1.165) is 32.8 Å². The molecule has 0 N–H and O–H groups in total. The van der Waals surface area contributed by atoms with E-state index in [2.05, 4.69) is 14.4 Å². The van der Waals surface area contributed by atoms with Gasteiger partial charge in [-0.15, -0.1) is 0 Å². The molecule has 0 radical (unpaired) electrons. The van der Waals surface area contributed by atoms with Crippen molar-refractivity contribution in [2.75, 3.05) is 102 Å². The van der Waals surface area contributed by atoms with Crippen molar-refractivity contribution in [3.05, 3.63) is 0 Å². The van der Waals surface area contributed by atoms with E-state index in [1.165, 1.54) is 0 Å². The minimum Gasteiger partial charge on any atom is -0.382 e. The normalized spacial score (nSPS) is 16.7. The summed E-state index contributed by atoms with van der Waals surface area (Å²) in [4.78, 5) is 2.34. The van der Waals surface area contributed by atoms with E-state index < -0.39 is 0 Å². The van der Waals surface area contributed by atoms with Crippen molar-refractivity contribution < 1.29 is 33.2 Å². The Morgan fingerprint density at radius 2 is 1.31 bits per heavy atom. The highest BCUT2D eigenvalue weighted by molar-refractivity contribution is 4.67. The maximum Gasteiger partial charge on any atom is 0.0931 e. The Balaban J connectivity index is 0. The smallest absolute Gasteiger partial charge is 0.0931 e. The van der Waals surface area contributed by atoms with Crippen LogP contribution in [0, 0.1) is 0 Å². The first kappa shape index (κ1) is 27.9. The summed E-state index contributed by atoms with van der Waals surface area (Å²) in [5.41, 5.74) is 0. The molecule has 1 aliphatic rings. The van der Waals surface area contributed by atoms with Gasteiger partial charge in [-0.25, -0.2) is 0 Å². The van der Waals surface area contributed by atoms with Gasteiger partial charge in [0.1, 0.15) is 0 Å². The van der Waals surface area contributed by atoms with E-state index in [9.17, 15) is 0 Å². The lowest BCUT2D eigenvalue weighted by Gasteiger charge is -2.29. The van der Waals surface area contributed by atoms with Crippen molar-refractivity contribution in [3.8, 4) is 0 Å². The summed E-state index contributed by atoms with van der Waals surface area (Å²) in [6, 6.07) is 0. The van der Waals surface area contributed by atoms with Gasteiger partial charge in [0, 0.05) is 62.3 Å². The summed E-state index contributed by atoms with van der Waals surface area (Å²) in [6.07, 6.45) is 0.410. The number of hydrogen-bond acceptors (Lipinski definition) is 8. The molecule has 2 atom stereocenters. The van der Waals surface area contributed by atoms with Gasteiger partial charge in [-0.05, 0) is 6.92 Å². The van der Waals surface area contributed by atoms with Crippen molar-refractivity contribution in [2.45, 2.75) is 19.1 Å². The summed E-state index contributed by atoms with van der Waals surface area (Å²) < 4.78 is 34.6. The van der Waals surface area contributed by atoms with Crippen molar-refractivity contribution in [1.29, 1.82) is 0 Å². The second-order valence-electron chi connectivity index (χ2n) is 5.71. The zero-order valence-corrected chi connectivity index (χ0v) is 17.8. The van der Waals surface area contributed by atoms with Crippen LogP contribution >= 0.6 is 0 Å². The van der Waals surface area contributed by atoms with E-state index in [1.54, 1.807) is 42.7 Å². The Labute approximate surface area is 160 Å². The second kappa shape index (κ2) is 22.7. The molecule has 1 heterocycles. The number of hydrogen-bond donors (Lipinski definition) is 0. The zero-order chi connectivity index (χ0) is 20.0. The zero-order valence-electron chi connectivity index (χ0n) is 17.8. The van der Waals surface area contributed by atoms with Gasteiger partial charge in [0.15, 0.2) is 0 Å². The summed E-state index contributed by atoms with van der Waals surface area (Å²) in [5, 5.41) is 0. The van der Waals surface area contributed by atoms with Crippen LogP contribution in [0.15, 0.2) is 0 Å². The Bertz CT molecular complexity index is 247. The molecule has 0 aromatic heterocycles. The van der Waals surface area contributed by atoms with E-state index in [4.69, 9.17) is 23.7 Å². The number of rotatable bonds is 11. The van der Waals surface area contributed by atoms with Gasteiger partial charge in [-0.1, -0.05) is 0 Å². The molecule has 26 heavy (non-hydrogen) atoms. The molecule has 1 rings (SSSR count). The molecule has 0 aliphatic carbocycles. The molecule has 0 saturated carbocycles. The maximum atomic E-state index is 5.29. The summed E-state index contributed by atoms with van der Waals surface area (Å²) in [7, 11) is 10.1. The molecule has 2 unspecified atom stereocenters. The molecule has 160 valence electrons. The number of morpholine rings is 1. The third-order valence-corrected chi connectivity index (χ3v) is 3.55. The first-order valence-electron chi connectivity index (χ1n) is 8.90. The Kier molecular flexibility index (Phi) is 24.4. The average molecular weight is 384 g/mol. The maximum absolute atomic E-state index is 5.29. The van der Waals surface area contributed by atoms with Crippen LogP contribution in [0.25, 0.3) is 0 Å². The molecule has 0 spiro atoms. The first-order valence-corrected chi connectivity index (χ1v) is 8.90. The van der Waals surface area contributed by atoms with Gasteiger partial charge in [-0.3, -0.25) is 4.90 Å². The van der Waals surface area contributed by atoms with Gasteiger partial charge < -0.3 is 33.2 Å². The van der Waals surface area contributed by atoms with E-state index in [1.807, 2.05) is 6.92 Å². The van der Waals surface area contributed by atoms with Gasteiger partial charge in [-0.2, -0.15) is 0 Å². The lowest BCUT2D eigenvalue weighted by Crippen LogP contribution is -2.42. The van der Waals surface area contributed by atoms with Crippen LogP contribution in [0.2, 0.25) is 0 Å². The number of ether oxygens (including phenoxy) is 7. The van der Waals surface area contributed by atoms with E-state index in [0.29, 0.717) is 26.4 Å². The highest BCUT2D eigenvalue weighted by Gasteiger charge is 2.15. The summed E-state index contributed by atoms with van der Waals surface area (Å²) >= 11 is 0. The van der Waals surface area contributed by atoms with Gasteiger partial charge >= 0.3 is 0 Å². The molecule has 1 fully saturated rings. The quantitative estimate of drug-likeness (QED) is 0.488. The Morgan fingerprint density at radius 1 is 0.769 bits per heavy atom. The fourth-order valence-electron chi connectivity index (χ4n) is 1.92. The van der Waals surface area contributed by atoms with E-state index >= 15 is 0 Å². The average Bonchev–Trinajstić information content (AvgIpc) is 2.68. The predicted molar refractivity (Wildman–Crippen MR) is 102 cm³/mol. The summed E-state index contributed by atoms with van der Waals surface area (Å²) in [5.74, 6) is 0. The second-order valence-corrected chi connectivity index (χ2v) is 5.71. The minimum absolute atomic E-state index is 0.183. The van der Waals surface area contributed by atoms with Crippen molar-refractivity contribution in [2.24, 2.45) is 0 Å². The Hall–Kier alpha value is -0.320. The van der Waals surface area contributed by atoms with Crippen LogP contribution in [0.3, 0.4) is 0 Å². The largest absolute Gasteiger partial charge is 0.382 e. The molecular weight excluding hydrogens is 342 g/mol. The van der Waals surface area contributed by atoms with Gasteiger partial charge in [0.2, 0.25) is 0 Å². The molecule has 0 aromatic carbocycles. The fourth-order valence-corrected chi connectivity index (χ4v) is 1.92. The minimum atomic E-state index is 0.183. The van der Waals surface area contributed by atoms with Crippen molar-refractivity contribution >= 4 is 0 Å². The lowest BCUT2D eigenvalue weighted by atomic mass is 10.3. The Morgan fingerprint density at radius 3 is 1.65 bits per heavy atom. The molecule has 8 heteroatoms. The third kappa shape index (κ3) is 20.0. The third-order valence-electron chi connectivity index (χ3n) is 3.55. The summed E-state index contributed by atoms with van der Waals surface area (Å²) in [6.45, 7) is 9.30. The molecule has 0 amide bonds. The number of methoxy groups -OCH3 is 6. The van der Waals surface area contributed by atoms with Gasteiger partial charge in [0.05, 0.1) is 51.8 Å². The van der Waals surface area contributed by atoms with Crippen LogP contribution < -0.4 is 0 Å². The van der Waals surface area contributed by atoms with Crippen LogP contribution in [-0.4, -0.2) is 119 Å². The highest BCUT2D eigenvalue weighted by Crippen LogP contribution is 2.01. The van der Waals surface area contributed by atoms with Crippen LogP contribution in [0.5, 0.6) is 0 Å². The first-order chi connectivity index (χ1) is 12.6. The molecule has 0 aromatic rings. The fraction of sp³-hybridized carbons (Fsp3) is 1.00. The molecule has 1 saturated heterocycles. The monoisotopic (exact) mass is 383 g/mol. The highest BCUT2D eigenvalue weighted by atomic mass is 16.5. The molecule has 8 nitrogen and oxygen atoms in total. The van der Waals surface area contributed by atoms with Crippen LogP contribution in [0.1, 0.15) is 6.92 Å². The van der Waals surface area contributed by atoms with Gasteiger partial charge in [0.25, 0.3) is 0 Å². The molecular formula is C18H41NO7.